The molecule has 3 rings (SSSR count). The van der Waals surface area contributed by atoms with E-state index in [-0.39, 0.29) is 30.1 Å². The molecule has 0 aromatic heterocycles. The molecule has 3 N–H and O–H groups in total. The van der Waals surface area contributed by atoms with E-state index in [4.69, 9.17) is 9.84 Å². The lowest BCUT2D eigenvalue weighted by atomic mass is 9.85. The molecule has 10 heteroatoms. The third-order valence-electron chi connectivity index (χ3n) is 7.28. The summed E-state index contributed by atoms with van der Waals surface area (Å²) in [5.41, 5.74) is -2.98. The van der Waals surface area contributed by atoms with E-state index in [1.54, 1.807) is 20.8 Å². The zero-order valence-corrected chi connectivity index (χ0v) is 21.3. The third kappa shape index (κ3) is 4.77. The number of carbonyl (C=O) groups excluding carboxylic acids is 4. The van der Waals surface area contributed by atoms with E-state index in [2.05, 4.69) is 10.6 Å². The van der Waals surface area contributed by atoms with Crippen LogP contribution in [0.3, 0.4) is 0 Å². The molecule has 0 aromatic rings. The molecular formula is C24H37N3O7. The molecule has 3 fully saturated rings. The van der Waals surface area contributed by atoms with Gasteiger partial charge in [0.05, 0.1) is 0 Å². The Labute approximate surface area is 200 Å². The molecule has 190 valence electrons. The number of rotatable bonds is 6. The van der Waals surface area contributed by atoms with E-state index in [1.807, 2.05) is 34.6 Å². The number of aliphatic carboxylic acids is 1. The Balaban J connectivity index is 1.84. The Kier molecular flexibility index (Phi) is 6.07. The van der Waals surface area contributed by atoms with Crippen LogP contribution < -0.4 is 10.6 Å². The zero-order valence-electron chi connectivity index (χ0n) is 21.3. The molecule has 0 spiro atoms. The number of amides is 3. The molecule has 1 unspecified atom stereocenters. The van der Waals surface area contributed by atoms with E-state index < -0.39 is 58.3 Å². The highest BCUT2D eigenvalue weighted by atomic mass is 16.6. The lowest BCUT2D eigenvalue weighted by Crippen LogP contribution is -2.61. The number of nitrogens with zero attached hydrogens (tertiary/aromatic N) is 1. The van der Waals surface area contributed by atoms with Gasteiger partial charge < -0.3 is 25.4 Å². The molecular weight excluding hydrogens is 442 g/mol. The highest BCUT2D eigenvalue weighted by molar-refractivity contribution is 6.37. The van der Waals surface area contributed by atoms with Crippen molar-refractivity contribution in [3.05, 3.63) is 0 Å². The standard InChI is InChI=1S/C24H37N3O7/c1-21(2,3)15(25-20(33)34-22(4,5)6)18(30)27-11-12-13(23(12,7)8)14(27)17(29)26-24(9-10-24)16(28)19(31)32/h12-15H,9-11H2,1-8H3,(H,25,33)(H,26,29)(H,31,32)/t12-,13-,14-,15?/m0/s1. The smallest absolute Gasteiger partial charge is 0.408 e. The lowest BCUT2D eigenvalue weighted by molar-refractivity contribution is -0.151. The number of ether oxygens (including phenoxy) is 1. The molecule has 3 amide bonds. The molecule has 0 aromatic carbocycles. The number of fused-ring (bicyclic) bond motifs is 1. The van der Waals surface area contributed by atoms with Gasteiger partial charge in [0.1, 0.15) is 23.2 Å². The summed E-state index contributed by atoms with van der Waals surface area (Å²) in [6, 6.07) is -1.80. The second kappa shape index (κ2) is 7.95. The summed E-state index contributed by atoms with van der Waals surface area (Å²) < 4.78 is 5.34. The summed E-state index contributed by atoms with van der Waals surface area (Å²) >= 11 is 0. The molecule has 4 atom stereocenters. The number of likely N-dealkylation sites (tertiary alicyclic amines) is 1. The van der Waals surface area contributed by atoms with Crippen LogP contribution in [0.25, 0.3) is 0 Å². The van der Waals surface area contributed by atoms with Gasteiger partial charge in [-0.15, -0.1) is 0 Å². The van der Waals surface area contributed by atoms with Gasteiger partial charge in [-0.05, 0) is 56.3 Å². The van der Waals surface area contributed by atoms with Gasteiger partial charge in [-0.1, -0.05) is 34.6 Å². The van der Waals surface area contributed by atoms with Crippen molar-refractivity contribution in [3.63, 3.8) is 0 Å². The first kappa shape index (κ1) is 26.0. The van der Waals surface area contributed by atoms with Gasteiger partial charge in [-0.2, -0.15) is 0 Å². The summed E-state index contributed by atoms with van der Waals surface area (Å²) in [5, 5.41) is 14.5. The quantitative estimate of drug-likeness (QED) is 0.492. The van der Waals surface area contributed by atoms with Gasteiger partial charge in [0.2, 0.25) is 11.8 Å². The lowest BCUT2D eigenvalue weighted by Gasteiger charge is -2.38. The Hall–Kier alpha value is -2.65. The van der Waals surface area contributed by atoms with Crippen LogP contribution in [0.5, 0.6) is 0 Å². The maximum atomic E-state index is 13.7. The number of ketones is 1. The first-order chi connectivity index (χ1) is 15.3. The Morgan fingerprint density at radius 1 is 1.03 bits per heavy atom. The minimum absolute atomic E-state index is 0.0969. The number of carboxylic acid groups (broad SMARTS) is 1. The fraction of sp³-hybridized carbons (Fsp3) is 0.792. The van der Waals surface area contributed by atoms with Gasteiger partial charge in [-0.25, -0.2) is 9.59 Å². The maximum absolute atomic E-state index is 13.7. The van der Waals surface area contributed by atoms with Crippen LogP contribution in [0.2, 0.25) is 0 Å². The highest BCUT2D eigenvalue weighted by Gasteiger charge is 2.70. The number of carboxylic acids is 1. The van der Waals surface area contributed by atoms with Crippen molar-refractivity contribution in [2.24, 2.45) is 22.7 Å². The van der Waals surface area contributed by atoms with Crippen LogP contribution in [0.4, 0.5) is 4.79 Å². The summed E-state index contributed by atoms with van der Waals surface area (Å²) in [5.74, 6) is -3.58. The molecule has 2 aliphatic carbocycles. The molecule has 1 heterocycles. The molecule has 2 saturated carbocycles. The Morgan fingerprint density at radius 3 is 2.03 bits per heavy atom. The van der Waals surface area contributed by atoms with Crippen LogP contribution in [-0.2, 0) is 23.9 Å². The van der Waals surface area contributed by atoms with Crippen molar-refractivity contribution in [2.75, 3.05) is 6.54 Å². The Morgan fingerprint density at radius 2 is 1.59 bits per heavy atom. The predicted molar refractivity (Wildman–Crippen MR) is 122 cm³/mol. The number of piperidine rings is 1. The first-order valence-electron chi connectivity index (χ1n) is 11.7. The summed E-state index contributed by atoms with van der Waals surface area (Å²) in [7, 11) is 0. The number of carbonyl (C=O) groups is 5. The topological polar surface area (TPSA) is 142 Å². The predicted octanol–water partition coefficient (Wildman–Crippen LogP) is 1.71. The summed E-state index contributed by atoms with van der Waals surface area (Å²) in [6.45, 7) is 15.0. The average molecular weight is 480 g/mol. The Bertz CT molecular complexity index is 924. The summed E-state index contributed by atoms with van der Waals surface area (Å²) in [4.78, 5) is 64.4. The number of hydrogen-bond donors (Lipinski definition) is 3. The highest BCUT2D eigenvalue weighted by Crippen LogP contribution is 2.65. The van der Waals surface area contributed by atoms with Crippen LogP contribution in [0, 0.1) is 22.7 Å². The zero-order chi connectivity index (χ0) is 26.0. The van der Waals surface area contributed by atoms with Gasteiger partial charge in [-0.3, -0.25) is 14.4 Å². The molecule has 0 bridgehead atoms. The van der Waals surface area contributed by atoms with Crippen molar-refractivity contribution in [2.45, 2.75) is 91.5 Å². The van der Waals surface area contributed by atoms with Crippen molar-refractivity contribution < 1.29 is 33.8 Å². The average Bonchev–Trinajstić information content (AvgIpc) is 3.46. The largest absolute Gasteiger partial charge is 0.475 e. The molecule has 10 nitrogen and oxygen atoms in total. The third-order valence-corrected chi connectivity index (χ3v) is 7.28. The number of hydrogen-bond acceptors (Lipinski definition) is 6. The molecule has 3 aliphatic rings. The minimum atomic E-state index is -1.59. The van der Waals surface area contributed by atoms with Crippen LogP contribution in [0.15, 0.2) is 0 Å². The van der Waals surface area contributed by atoms with Gasteiger partial charge >= 0.3 is 12.1 Å². The van der Waals surface area contributed by atoms with Gasteiger partial charge in [0.15, 0.2) is 0 Å². The van der Waals surface area contributed by atoms with Crippen molar-refractivity contribution in [3.8, 4) is 0 Å². The van der Waals surface area contributed by atoms with E-state index in [1.165, 1.54) is 4.90 Å². The fourth-order valence-corrected chi connectivity index (χ4v) is 5.10. The molecule has 1 aliphatic heterocycles. The van der Waals surface area contributed by atoms with Crippen molar-refractivity contribution >= 4 is 29.7 Å². The summed E-state index contributed by atoms with van der Waals surface area (Å²) in [6.07, 6.45) is -0.213. The normalized spacial score (nSPS) is 27.2. The monoisotopic (exact) mass is 479 g/mol. The van der Waals surface area contributed by atoms with Crippen molar-refractivity contribution in [1.29, 1.82) is 0 Å². The van der Waals surface area contributed by atoms with Crippen LogP contribution in [-0.4, -0.2) is 69.4 Å². The minimum Gasteiger partial charge on any atom is -0.475 e. The van der Waals surface area contributed by atoms with E-state index in [0.29, 0.717) is 6.54 Å². The first-order valence-corrected chi connectivity index (χ1v) is 11.7. The fourth-order valence-electron chi connectivity index (χ4n) is 5.10. The molecule has 1 saturated heterocycles. The number of nitrogens with one attached hydrogen (secondary N) is 2. The van der Waals surface area contributed by atoms with E-state index >= 15 is 0 Å². The molecule has 0 radical (unpaired) electrons. The van der Waals surface area contributed by atoms with Crippen LogP contribution in [0.1, 0.15) is 68.2 Å². The number of Topliss-reactive ketones (excluding diaryl/α,β-unsaturated/α-hetero) is 1. The second-order valence-corrected chi connectivity index (χ2v) is 12.5. The van der Waals surface area contributed by atoms with Crippen molar-refractivity contribution in [1.82, 2.24) is 15.5 Å². The second-order valence-electron chi connectivity index (χ2n) is 12.5. The number of alkyl carbamates (subject to hydrolysis) is 1. The van der Waals surface area contributed by atoms with Gasteiger partial charge in [0.25, 0.3) is 5.78 Å². The maximum Gasteiger partial charge on any atom is 0.408 e. The van der Waals surface area contributed by atoms with E-state index in [0.717, 1.165) is 0 Å². The van der Waals surface area contributed by atoms with E-state index in [9.17, 15) is 24.0 Å². The molecule has 34 heavy (non-hydrogen) atoms. The van der Waals surface area contributed by atoms with Crippen LogP contribution >= 0.6 is 0 Å². The SMILES string of the molecule is CC(C)(C)OC(=O)NC(C(=O)N1C[C@H]2[C@@H]([C@H]1C(=O)NC1(C(=O)C(=O)O)CC1)C2(C)C)C(C)(C)C. The van der Waals surface area contributed by atoms with Gasteiger partial charge in [0, 0.05) is 6.54 Å².